The molecule has 0 saturated carbocycles. The summed E-state index contributed by atoms with van der Waals surface area (Å²) in [6, 6.07) is 6.31. The number of allylic oxidation sites excluding steroid dienone is 1. The van der Waals surface area contributed by atoms with E-state index in [4.69, 9.17) is 0 Å². The minimum absolute atomic E-state index is 0.106. The molecule has 0 aliphatic rings. The fourth-order valence-corrected chi connectivity index (χ4v) is 3.81. The number of sulfonamides is 1. The highest BCUT2D eigenvalue weighted by atomic mass is 32.2. The van der Waals surface area contributed by atoms with Gasteiger partial charge in [0.15, 0.2) is 0 Å². The molecule has 0 fully saturated rings. The van der Waals surface area contributed by atoms with Gasteiger partial charge in [-0.25, -0.2) is 5.43 Å². The van der Waals surface area contributed by atoms with Crippen molar-refractivity contribution in [3.8, 4) is 0 Å². The van der Waals surface area contributed by atoms with E-state index >= 15 is 0 Å². The van der Waals surface area contributed by atoms with Crippen LogP contribution >= 0.6 is 0 Å². The minimum Gasteiger partial charge on any atom is -0.273 e. The number of amides is 1. The highest BCUT2D eigenvalue weighted by Gasteiger charge is 2.28. The summed E-state index contributed by atoms with van der Waals surface area (Å²) in [7, 11) is -3.93. The Morgan fingerprint density at radius 1 is 1.15 bits per heavy atom. The van der Waals surface area contributed by atoms with Gasteiger partial charge in [0.1, 0.15) is 0 Å². The molecule has 5 nitrogen and oxygen atoms in total. The lowest BCUT2D eigenvalue weighted by molar-refractivity contribution is -0.126. The molecule has 0 bridgehead atoms. The average Bonchev–Trinajstić information content (AvgIpc) is 2.60. The van der Waals surface area contributed by atoms with Gasteiger partial charge in [-0.15, -0.1) is 0 Å². The monoisotopic (exact) mass is 380 g/mol. The largest absolute Gasteiger partial charge is 0.280 e. The Morgan fingerprint density at radius 3 is 2.31 bits per heavy atom. The zero-order valence-corrected chi connectivity index (χ0v) is 17.2. The highest BCUT2D eigenvalue weighted by molar-refractivity contribution is 7.89. The van der Waals surface area contributed by atoms with Crippen molar-refractivity contribution in [2.24, 2.45) is 0 Å². The molecule has 1 atom stereocenters. The lowest BCUT2D eigenvalue weighted by atomic mass is 10.1. The average molecular weight is 381 g/mol. The van der Waals surface area contributed by atoms with E-state index < -0.39 is 15.9 Å². The van der Waals surface area contributed by atoms with Crippen LogP contribution < -0.4 is 5.43 Å². The van der Waals surface area contributed by atoms with Crippen LogP contribution in [-0.4, -0.2) is 24.8 Å². The Morgan fingerprint density at radius 2 is 1.77 bits per heavy atom. The molecule has 0 aromatic heterocycles. The fraction of sp³-hybridized carbons (Fsp3) is 0.550. The van der Waals surface area contributed by atoms with E-state index in [0.717, 1.165) is 48.5 Å². The Bertz CT molecular complexity index is 682. The van der Waals surface area contributed by atoms with Crippen molar-refractivity contribution in [2.45, 2.75) is 77.2 Å². The molecule has 1 aromatic rings. The second-order valence-electron chi connectivity index (χ2n) is 6.55. The Labute approximate surface area is 158 Å². The second kappa shape index (κ2) is 11.1. The van der Waals surface area contributed by atoms with Gasteiger partial charge >= 0.3 is 0 Å². The smallest absolute Gasteiger partial charge is 0.273 e. The molecule has 146 valence electrons. The molecule has 0 saturated heterocycles. The van der Waals surface area contributed by atoms with E-state index in [2.05, 4.69) is 25.3 Å². The summed E-state index contributed by atoms with van der Waals surface area (Å²) in [4.78, 5) is 12.2. The third kappa shape index (κ3) is 6.92. The molecular weight excluding hydrogens is 348 g/mol. The second-order valence-corrected chi connectivity index (χ2v) is 8.34. The molecule has 26 heavy (non-hydrogen) atoms. The van der Waals surface area contributed by atoms with Crippen LogP contribution in [0.2, 0.25) is 0 Å². The van der Waals surface area contributed by atoms with E-state index in [1.54, 1.807) is 12.1 Å². The number of hydrogen-bond donors (Lipinski definition) is 1. The molecule has 1 rings (SSSR count). The molecule has 1 N–H and O–H groups in total. The van der Waals surface area contributed by atoms with E-state index in [9.17, 15) is 13.2 Å². The number of benzene rings is 1. The molecule has 1 unspecified atom stereocenters. The number of hydrogen-bond acceptors (Lipinski definition) is 4. The summed E-state index contributed by atoms with van der Waals surface area (Å²) in [6.07, 6.45) is 9.92. The number of carbonyl (C=O) groups is 1. The van der Waals surface area contributed by atoms with Gasteiger partial charge in [0.2, 0.25) is 5.91 Å². The van der Waals surface area contributed by atoms with Crippen molar-refractivity contribution >= 4 is 15.9 Å². The number of aryl methyl sites for hydroxylation is 1. The predicted octanol–water partition coefficient (Wildman–Crippen LogP) is 4.34. The quantitative estimate of drug-likeness (QED) is 0.352. The molecular formula is C20H32N2O3S. The molecule has 1 aromatic carbocycles. The van der Waals surface area contributed by atoms with Crippen LogP contribution in [0.1, 0.15) is 64.9 Å². The summed E-state index contributed by atoms with van der Waals surface area (Å²) in [5.41, 5.74) is 3.89. The maximum Gasteiger partial charge on any atom is 0.280 e. The molecule has 0 heterocycles. The van der Waals surface area contributed by atoms with E-state index in [1.165, 1.54) is 19.1 Å². The van der Waals surface area contributed by atoms with Gasteiger partial charge in [-0.3, -0.25) is 4.79 Å². The highest BCUT2D eigenvalue weighted by Crippen LogP contribution is 2.16. The maximum atomic E-state index is 12.9. The number of nitrogens with zero attached hydrogens (tertiary/aromatic N) is 1. The Kier molecular flexibility index (Phi) is 9.59. The summed E-state index contributed by atoms with van der Waals surface area (Å²) < 4.78 is 26.6. The van der Waals surface area contributed by atoms with Crippen LogP contribution in [-0.2, 0) is 14.8 Å². The van der Waals surface area contributed by atoms with Gasteiger partial charge in [0.25, 0.3) is 10.0 Å². The van der Waals surface area contributed by atoms with Gasteiger partial charge in [-0.2, -0.15) is 12.8 Å². The first-order chi connectivity index (χ1) is 12.3. The third-order valence-electron chi connectivity index (χ3n) is 4.09. The number of rotatable bonds is 11. The van der Waals surface area contributed by atoms with Gasteiger partial charge in [-0.1, -0.05) is 69.4 Å². The van der Waals surface area contributed by atoms with Crippen molar-refractivity contribution in [1.82, 2.24) is 9.84 Å². The molecule has 0 aliphatic carbocycles. The number of carbonyl (C=O) groups excluding carboxylic acids is 1. The van der Waals surface area contributed by atoms with Crippen molar-refractivity contribution in [3.05, 3.63) is 42.0 Å². The Balaban J connectivity index is 3.02. The summed E-state index contributed by atoms with van der Waals surface area (Å²) in [6.45, 7) is 7.37. The maximum absolute atomic E-state index is 12.9. The first kappa shape index (κ1) is 22.4. The van der Waals surface area contributed by atoms with Crippen LogP contribution in [0.25, 0.3) is 0 Å². The number of hydrazine groups is 1. The summed E-state index contributed by atoms with van der Waals surface area (Å²) >= 11 is 0. The third-order valence-corrected chi connectivity index (χ3v) is 5.80. The van der Waals surface area contributed by atoms with Gasteiger partial charge in [0.05, 0.1) is 4.90 Å². The van der Waals surface area contributed by atoms with Crippen LogP contribution in [0.15, 0.2) is 41.3 Å². The first-order valence-corrected chi connectivity index (χ1v) is 10.8. The fourth-order valence-electron chi connectivity index (χ4n) is 2.51. The SMILES string of the molecule is CCCC/C=C/C(CCCC)NN(C(C)=O)S(=O)(=O)c1ccc(C)cc1. The van der Waals surface area contributed by atoms with Crippen molar-refractivity contribution in [2.75, 3.05) is 0 Å². The van der Waals surface area contributed by atoms with Gasteiger partial charge in [0, 0.05) is 13.0 Å². The van der Waals surface area contributed by atoms with Gasteiger partial charge < -0.3 is 0 Å². The van der Waals surface area contributed by atoms with Crippen molar-refractivity contribution in [3.63, 3.8) is 0 Å². The topological polar surface area (TPSA) is 66.5 Å². The van der Waals surface area contributed by atoms with Crippen LogP contribution in [0.4, 0.5) is 0 Å². The van der Waals surface area contributed by atoms with E-state index in [0.29, 0.717) is 0 Å². The minimum atomic E-state index is -3.93. The molecule has 0 radical (unpaired) electrons. The molecule has 0 aliphatic heterocycles. The van der Waals surface area contributed by atoms with Crippen LogP contribution in [0, 0.1) is 6.92 Å². The lowest BCUT2D eigenvalue weighted by Gasteiger charge is -2.26. The molecule has 6 heteroatoms. The standard InChI is InChI=1S/C20H32N2O3S/c1-5-7-9-10-12-19(11-8-6-2)21-22(18(4)23)26(24,25)20-15-13-17(3)14-16-20/h10,12-16,19,21H,5-9,11H2,1-4H3/b12-10+. The van der Waals surface area contributed by atoms with Gasteiger partial charge in [-0.05, 0) is 31.9 Å². The lowest BCUT2D eigenvalue weighted by Crippen LogP contribution is -2.50. The normalized spacial score (nSPS) is 13.1. The zero-order valence-electron chi connectivity index (χ0n) is 16.4. The van der Waals surface area contributed by atoms with Crippen LogP contribution in [0.3, 0.4) is 0 Å². The zero-order chi connectivity index (χ0) is 19.6. The molecule has 0 spiro atoms. The Hall–Kier alpha value is -1.66. The van der Waals surface area contributed by atoms with E-state index in [-0.39, 0.29) is 10.9 Å². The predicted molar refractivity (Wildman–Crippen MR) is 106 cm³/mol. The number of unbranched alkanes of at least 4 members (excludes halogenated alkanes) is 3. The summed E-state index contributed by atoms with van der Waals surface area (Å²) in [5.74, 6) is -0.547. The van der Waals surface area contributed by atoms with Crippen molar-refractivity contribution in [1.29, 1.82) is 0 Å². The first-order valence-electron chi connectivity index (χ1n) is 9.38. The van der Waals surface area contributed by atoms with Crippen molar-refractivity contribution < 1.29 is 13.2 Å². The van der Waals surface area contributed by atoms with E-state index in [1.807, 2.05) is 13.0 Å². The summed E-state index contributed by atoms with van der Waals surface area (Å²) in [5, 5.41) is 0. The molecule has 1 amide bonds. The van der Waals surface area contributed by atoms with Crippen LogP contribution in [0.5, 0.6) is 0 Å². The number of nitrogens with one attached hydrogen (secondary N) is 1.